The Balaban J connectivity index is 2.21. The first-order valence-corrected chi connectivity index (χ1v) is 11.1. The molecule has 0 aliphatic rings. The van der Waals surface area contributed by atoms with Gasteiger partial charge in [0.2, 0.25) is 5.88 Å². The smallest absolute Gasteiger partial charge is 0.253 e. The first-order chi connectivity index (χ1) is 14.5. The molecule has 0 saturated heterocycles. The molecule has 5 heteroatoms. The Morgan fingerprint density at radius 1 is 1.10 bits per heavy atom. The number of pyridine rings is 1. The van der Waals surface area contributed by atoms with E-state index in [0.29, 0.717) is 18.6 Å². The van der Waals surface area contributed by atoms with Crippen LogP contribution in [0.5, 0.6) is 11.6 Å². The summed E-state index contributed by atoms with van der Waals surface area (Å²) in [6.07, 6.45) is 2.58. The molecule has 0 spiro atoms. The molecule has 0 fully saturated rings. The van der Waals surface area contributed by atoms with E-state index in [1.165, 1.54) is 21.8 Å². The van der Waals surface area contributed by atoms with Crippen molar-refractivity contribution in [3.63, 3.8) is 0 Å². The monoisotopic (exact) mass is 424 g/mol. The van der Waals surface area contributed by atoms with E-state index in [4.69, 9.17) is 4.74 Å². The van der Waals surface area contributed by atoms with Crippen molar-refractivity contribution in [1.29, 1.82) is 5.26 Å². The number of nitrogens with zero attached hydrogens (tertiary/aromatic N) is 2. The molecule has 31 heavy (non-hydrogen) atoms. The van der Waals surface area contributed by atoms with Gasteiger partial charge in [-0.1, -0.05) is 53.7 Å². The molecule has 168 valence electrons. The Morgan fingerprint density at radius 3 is 2.32 bits per heavy atom. The third-order valence-electron chi connectivity index (χ3n) is 6.63. The number of rotatable bonds is 9. The number of hydrogen-bond donors (Lipinski definition) is 1. The summed E-state index contributed by atoms with van der Waals surface area (Å²) < 4.78 is 7.38. The highest BCUT2D eigenvalue weighted by molar-refractivity contribution is 5.45. The predicted molar refractivity (Wildman–Crippen MR) is 125 cm³/mol. The first kappa shape index (κ1) is 24.5. The van der Waals surface area contributed by atoms with E-state index >= 15 is 0 Å². The van der Waals surface area contributed by atoms with Crippen molar-refractivity contribution in [2.24, 2.45) is 0 Å². The maximum atomic E-state index is 12.2. The van der Waals surface area contributed by atoms with Crippen molar-refractivity contribution in [2.45, 2.75) is 85.1 Å². The molecule has 0 atom stereocenters. The molecule has 2 rings (SSSR count). The number of ether oxygens (including phenoxy) is 1. The summed E-state index contributed by atoms with van der Waals surface area (Å²) in [6.45, 7) is 15.7. The molecule has 5 nitrogen and oxygen atoms in total. The van der Waals surface area contributed by atoms with Gasteiger partial charge >= 0.3 is 0 Å². The van der Waals surface area contributed by atoms with Gasteiger partial charge in [-0.15, -0.1) is 0 Å². The van der Waals surface area contributed by atoms with Gasteiger partial charge in [0, 0.05) is 18.2 Å². The number of benzene rings is 1. The van der Waals surface area contributed by atoms with E-state index < -0.39 is 0 Å². The number of hydrogen-bond acceptors (Lipinski definition) is 4. The molecule has 0 radical (unpaired) electrons. The molecular weight excluding hydrogens is 388 g/mol. The summed E-state index contributed by atoms with van der Waals surface area (Å²) in [7, 11) is 0. The van der Waals surface area contributed by atoms with Crippen molar-refractivity contribution >= 4 is 0 Å². The van der Waals surface area contributed by atoms with Gasteiger partial charge in [0.25, 0.3) is 5.56 Å². The summed E-state index contributed by atoms with van der Waals surface area (Å²) in [4.78, 5) is 12.2. The maximum absolute atomic E-state index is 12.2. The molecular formula is C26H36N2O3. The van der Waals surface area contributed by atoms with E-state index in [2.05, 4.69) is 59.7 Å². The van der Waals surface area contributed by atoms with Crippen LogP contribution < -0.4 is 10.3 Å². The summed E-state index contributed by atoms with van der Waals surface area (Å²) >= 11 is 0. The molecule has 0 saturated carbocycles. The van der Waals surface area contributed by atoms with Gasteiger partial charge in [0.1, 0.15) is 17.4 Å². The minimum Gasteiger partial charge on any atom is -0.493 e. The van der Waals surface area contributed by atoms with Crippen molar-refractivity contribution in [3.8, 4) is 17.7 Å². The Labute approximate surface area is 186 Å². The van der Waals surface area contributed by atoms with Gasteiger partial charge in [-0.3, -0.25) is 9.36 Å². The highest BCUT2D eigenvalue weighted by Gasteiger charge is 2.26. The van der Waals surface area contributed by atoms with Crippen LogP contribution in [0.3, 0.4) is 0 Å². The molecule has 2 aromatic rings. The van der Waals surface area contributed by atoms with Crippen molar-refractivity contribution in [2.75, 3.05) is 6.61 Å². The average molecular weight is 425 g/mol. The zero-order valence-corrected chi connectivity index (χ0v) is 20.0. The normalized spacial score (nSPS) is 11.9. The van der Waals surface area contributed by atoms with Crippen LogP contribution in [0, 0.1) is 18.3 Å². The van der Waals surface area contributed by atoms with Crippen LogP contribution in [0.4, 0.5) is 0 Å². The van der Waals surface area contributed by atoms with Crippen LogP contribution in [-0.4, -0.2) is 16.3 Å². The molecule has 1 N–H and O–H groups in total. The number of aryl methyl sites for hydroxylation is 1. The van der Waals surface area contributed by atoms with Crippen LogP contribution >= 0.6 is 0 Å². The van der Waals surface area contributed by atoms with Crippen LogP contribution in [0.2, 0.25) is 0 Å². The fraction of sp³-hybridized carbons (Fsp3) is 0.538. The third-order valence-corrected chi connectivity index (χ3v) is 6.63. The quantitative estimate of drug-likeness (QED) is 0.533. The van der Waals surface area contributed by atoms with E-state index in [0.717, 1.165) is 18.6 Å². The molecule has 0 unspecified atom stereocenters. The summed E-state index contributed by atoms with van der Waals surface area (Å²) in [5.41, 5.74) is 2.88. The molecule has 1 aromatic carbocycles. The van der Waals surface area contributed by atoms with E-state index in [-0.39, 0.29) is 34.4 Å². The fourth-order valence-electron chi connectivity index (χ4n) is 3.51. The topological polar surface area (TPSA) is 75.2 Å². The second-order valence-electron chi connectivity index (χ2n) is 9.52. The molecule has 0 bridgehead atoms. The predicted octanol–water partition coefficient (Wildman–Crippen LogP) is 5.58. The van der Waals surface area contributed by atoms with Crippen molar-refractivity contribution in [3.05, 3.63) is 56.9 Å². The number of aromatic hydroxyl groups is 1. The Hall–Kier alpha value is -2.74. The van der Waals surface area contributed by atoms with Gasteiger partial charge in [-0.2, -0.15) is 5.26 Å². The van der Waals surface area contributed by atoms with Crippen molar-refractivity contribution < 1.29 is 9.84 Å². The molecule has 0 aliphatic carbocycles. The highest BCUT2D eigenvalue weighted by atomic mass is 16.5. The Bertz CT molecular complexity index is 1030. The molecule has 0 amide bonds. The lowest BCUT2D eigenvalue weighted by Gasteiger charge is -2.30. The average Bonchev–Trinajstić information content (AvgIpc) is 2.73. The Kier molecular flexibility index (Phi) is 7.59. The zero-order valence-electron chi connectivity index (χ0n) is 20.0. The lowest BCUT2D eigenvalue weighted by molar-refractivity contribution is 0.286. The number of aromatic nitrogens is 1. The second kappa shape index (κ2) is 9.60. The fourth-order valence-corrected chi connectivity index (χ4v) is 3.51. The Morgan fingerprint density at radius 2 is 1.74 bits per heavy atom. The van der Waals surface area contributed by atoms with Gasteiger partial charge in [-0.25, -0.2) is 0 Å². The zero-order chi connectivity index (χ0) is 23.4. The van der Waals surface area contributed by atoms with E-state index in [9.17, 15) is 15.2 Å². The van der Waals surface area contributed by atoms with Gasteiger partial charge in [-0.05, 0) is 54.2 Å². The minimum atomic E-state index is -0.312. The summed E-state index contributed by atoms with van der Waals surface area (Å²) in [5, 5.41) is 19.5. The minimum absolute atomic E-state index is 0.0248. The van der Waals surface area contributed by atoms with Crippen LogP contribution in [0.25, 0.3) is 0 Å². The second-order valence-corrected chi connectivity index (χ2v) is 9.52. The van der Waals surface area contributed by atoms with Gasteiger partial charge < -0.3 is 9.84 Å². The van der Waals surface area contributed by atoms with Crippen LogP contribution in [0.15, 0.2) is 29.1 Å². The van der Waals surface area contributed by atoms with Crippen LogP contribution in [-0.2, 0) is 17.4 Å². The SMILES string of the molecule is CCC(C)(C)c1ccc(OCCCn2c(O)c(C#N)c(C)cc2=O)c(C(C)(C)CC)c1. The molecule has 1 aromatic heterocycles. The maximum Gasteiger partial charge on any atom is 0.253 e. The lowest BCUT2D eigenvalue weighted by Crippen LogP contribution is -2.23. The van der Waals surface area contributed by atoms with E-state index in [1.807, 2.05) is 6.07 Å². The van der Waals surface area contributed by atoms with Gasteiger partial charge in [0.05, 0.1) is 6.61 Å². The largest absolute Gasteiger partial charge is 0.493 e. The number of nitriles is 1. The standard InChI is InChI=1S/C26H36N2O3/c1-8-25(4,5)19-11-12-22(21(16-19)26(6,7)9-2)31-14-10-13-28-23(29)15-18(3)20(17-27)24(28)30/h11-12,15-16,30H,8-10,13-14H2,1-7H3. The van der Waals surface area contributed by atoms with E-state index in [1.54, 1.807) is 6.92 Å². The highest BCUT2D eigenvalue weighted by Crippen LogP contribution is 2.38. The van der Waals surface area contributed by atoms with Crippen molar-refractivity contribution in [1.82, 2.24) is 4.57 Å². The summed E-state index contributed by atoms with van der Waals surface area (Å²) in [6, 6.07) is 9.82. The lowest BCUT2D eigenvalue weighted by atomic mass is 9.76. The van der Waals surface area contributed by atoms with Gasteiger partial charge in [0.15, 0.2) is 0 Å². The van der Waals surface area contributed by atoms with Crippen LogP contribution in [0.1, 0.15) is 83.1 Å². The molecule has 0 aliphatic heterocycles. The summed E-state index contributed by atoms with van der Waals surface area (Å²) in [5.74, 6) is 0.590. The first-order valence-electron chi connectivity index (χ1n) is 11.1. The molecule has 1 heterocycles. The third kappa shape index (κ3) is 5.31.